The van der Waals surface area contributed by atoms with E-state index in [-0.39, 0.29) is 11.8 Å². The zero-order valence-electron chi connectivity index (χ0n) is 9.07. The lowest BCUT2D eigenvalue weighted by Crippen LogP contribution is -2.15. The number of nitrogens with two attached hydrogens (primary N) is 4. The molecule has 0 heterocycles. The maximum Gasteiger partial charge on any atom is 0.394 e. The van der Waals surface area contributed by atoms with Gasteiger partial charge in [-0.25, -0.2) is 0 Å². The Morgan fingerprint density at radius 2 is 1.06 bits per heavy atom. The summed E-state index contributed by atoms with van der Waals surface area (Å²) in [6, 6.07) is 0. The molecule has 0 bridgehead atoms. The lowest BCUT2D eigenvalue weighted by Gasteiger charge is -1.82. The molecule has 0 atom stereocenters. The van der Waals surface area contributed by atoms with E-state index in [0.717, 1.165) is 0 Å². The summed E-state index contributed by atoms with van der Waals surface area (Å²) in [6.07, 6.45) is 0.583. The molecule has 0 aromatic heterocycles. The van der Waals surface area contributed by atoms with Crippen LogP contribution in [0.2, 0.25) is 0 Å². The highest BCUT2D eigenvalue weighted by Crippen LogP contribution is 1.64. The van der Waals surface area contributed by atoms with Gasteiger partial charge in [0.15, 0.2) is 0 Å². The normalized spacial score (nSPS) is 9.18. The third-order valence-electron chi connectivity index (χ3n) is 0.781. The molecular weight excluding hydrogens is 256 g/mol. The average molecular weight is 274 g/mol. The van der Waals surface area contributed by atoms with Crippen LogP contribution in [0, 0.1) is 0 Å². The van der Waals surface area contributed by atoms with Gasteiger partial charge >= 0.3 is 10.4 Å². The Hall–Kier alpha value is -1.27. The molecule has 0 aliphatic heterocycles. The van der Waals surface area contributed by atoms with Crippen molar-refractivity contribution in [1.82, 2.24) is 0 Å². The summed E-state index contributed by atoms with van der Waals surface area (Å²) in [5.41, 5.74) is 19.2. The number of hydrogen-bond acceptors (Lipinski definition) is 6. The highest BCUT2D eigenvalue weighted by atomic mass is 32.3. The molecule has 0 rings (SSSR count). The van der Waals surface area contributed by atoms with Crippen LogP contribution in [0.15, 0.2) is 0 Å². The highest BCUT2D eigenvalue weighted by Gasteiger charge is 1.85. The maximum absolute atomic E-state index is 9.74. The Morgan fingerprint density at radius 1 is 0.882 bits per heavy atom. The number of rotatable bonds is 4. The van der Waals surface area contributed by atoms with Gasteiger partial charge in [-0.1, -0.05) is 0 Å². The van der Waals surface area contributed by atoms with Gasteiger partial charge in [0.25, 0.3) is 0 Å². The van der Waals surface area contributed by atoms with E-state index < -0.39 is 10.4 Å². The van der Waals surface area contributed by atoms with Crippen molar-refractivity contribution < 1.29 is 27.1 Å². The second-order valence-electron chi connectivity index (χ2n) is 2.46. The van der Waals surface area contributed by atoms with E-state index in [1.807, 2.05) is 0 Å². The zero-order valence-corrected chi connectivity index (χ0v) is 9.89. The zero-order chi connectivity index (χ0) is 14.5. The standard InChI is InChI=1S/2C3H8N2O.H2O4S/c2*4-2-1-3(5)6;1-5(2,3)4/h2*1-2,4H2,(H2,5,6);(H2,1,2,3,4). The van der Waals surface area contributed by atoms with Crippen LogP contribution in [0.3, 0.4) is 0 Å². The summed E-state index contributed by atoms with van der Waals surface area (Å²) < 4.78 is 31.6. The molecule has 17 heavy (non-hydrogen) atoms. The number of amides is 2. The summed E-state index contributed by atoms with van der Waals surface area (Å²) in [7, 11) is -4.67. The molecule has 0 spiro atoms. The first-order chi connectivity index (χ1) is 7.54. The van der Waals surface area contributed by atoms with Crippen LogP contribution >= 0.6 is 0 Å². The minimum absolute atomic E-state index is 0.292. The molecule has 104 valence electrons. The fourth-order valence-electron chi connectivity index (χ4n) is 0.285. The van der Waals surface area contributed by atoms with Crippen molar-refractivity contribution in [2.24, 2.45) is 22.9 Å². The predicted molar refractivity (Wildman–Crippen MR) is 59.9 cm³/mol. The summed E-state index contributed by atoms with van der Waals surface area (Å²) >= 11 is 0. The fourth-order valence-corrected chi connectivity index (χ4v) is 0.285. The molecule has 0 saturated carbocycles. The van der Waals surface area contributed by atoms with Crippen LogP contribution in [0.1, 0.15) is 12.8 Å². The largest absolute Gasteiger partial charge is 0.394 e. The van der Waals surface area contributed by atoms with Crippen LogP contribution < -0.4 is 22.9 Å². The minimum atomic E-state index is -4.67. The van der Waals surface area contributed by atoms with Crippen molar-refractivity contribution in [3.8, 4) is 0 Å². The van der Waals surface area contributed by atoms with Crippen molar-refractivity contribution in [1.29, 1.82) is 0 Å². The van der Waals surface area contributed by atoms with Gasteiger partial charge < -0.3 is 22.9 Å². The van der Waals surface area contributed by atoms with Gasteiger partial charge in [0.1, 0.15) is 0 Å². The van der Waals surface area contributed by atoms with E-state index in [1.165, 1.54) is 0 Å². The van der Waals surface area contributed by atoms with E-state index >= 15 is 0 Å². The predicted octanol–water partition coefficient (Wildman–Crippen LogP) is -3.01. The topological polar surface area (TPSA) is 213 Å². The SMILES string of the molecule is NCCC(N)=O.NCCC(N)=O.O=S(=O)(O)O. The second kappa shape index (κ2) is 12.8. The molecule has 0 aromatic rings. The first kappa shape index (κ1) is 21.1. The first-order valence-electron chi connectivity index (χ1n) is 4.21. The molecule has 0 saturated heterocycles. The van der Waals surface area contributed by atoms with Crippen LogP contribution in [-0.4, -0.2) is 42.4 Å². The highest BCUT2D eigenvalue weighted by molar-refractivity contribution is 7.79. The number of carbonyl (C=O) groups is 2. The van der Waals surface area contributed by atoms with E-state index in [2.05, 4.69) is 11.5 Å². The van der Waals surface area contributed by atoms with Crippen LogP contribution in [0.25, 0.3) is 0 Å². The maximum atomic E-state index is 9.74. The van der Waals surface area contributed by atoms with Gasteiger partial charge in [-0.2, -0.15) is 8.42 Å². The molecule has 0 fully saturated rings. The van der Waals surface area contributed by atoms with Gasteiger partial charge in [0.2, 0.25) is 11.8 Å². The van der Waals surface area contributed by atoms with Gasteiger partial charge in [0.05, 0.1) is 0 Å². The van der Waals surface area contributed by atoms with E-state index in [0.29, 0.717) is 25.9 Å². The van der Waals surface area contributed by atoms with Gasteiger partial charge in [-0.05, 0) is 0 Å². The van der Waals surface area contributed by atoms with Gasteiger partial charge in [0, 0.05) is 25.9 Å². The number of hydrogen-bond donors (Lipinski definition) is 6. The van der Waals surface area contributed by atoms with E-state index in [1.54, 1.807) is 0 Å². The van der Waals surface area contributed by atoms with Crippen molar-refractivity contribution >= 4 is 22.2 Å². The lowest BCUT2D eigenvalue weighted by molar-refractivity contribution is -0.118. The van der Waals surface area contributed by atoms with E-state index in [4.69, 9.17) is 29.0 Å². The molecule has 0 aromatic carbocycles. The molecule has 0 aliphatic rings. The minimum Gasteiger partial charge on any atom is -0.370 e. The Labute approximate surface area is 98.9 Å². The molecule has 10 N–H and O–H groups in total. The Bertz CT molecular complexity index is 280. The Balaban J connectivity index is -0.000000174. The molecular formula is C6H18N4O6S. The first-order valence-corrected chi connectivity index (χ1v) is 5.60. The molecule has 0 unspecified atom stereocenters. The molecule has 0 radical (unpaired) electrons. The number of primary amides is 2. The van der Waals surface area contributed by atoms with Gasteiger partial charge in [-0.15, -0.1) is 0 Å². The lowest BCUT2D eigenvalue weighted by atomic mass is 10.4. The van der Waals surface area contributed by atoms with Crippen molar-refractivity contribution in [2.45, 2.75) is 12.8 Å². The molecule has 10 nitrogen and oxygen atoms in total. The summed E-state index contributed by atoms with van der Waals surface area (Å²) in [4.78, 5) is 19.5. The summed E-state index contributed by atoms with van der Waals surface area (Å²) in [5, 5.41) is 0. The third kappa shape index (κ3) is 107. The third-order valence-corrected chi connectivity index (χ3v) is 0.781. The summed E-state index contributed by atoms with van der Waals surface area (Å²) in [6.45, 7) is 0.713. The second-order valence-corrected chi connectivity index (χ2v) is 3.35. The summed E-state index contributed by atoms with van der Waals surface area (Å²) in [5.74, 6) is -0.671. The van der Waals surface area contributed by atoms with Crippen LogP contribution in [-0.2, 0) is 20.0 Å². The Morgan fingerprint density at radius 3 is 1.06 bits per heavy atom. The molecule has 0 aliphatic carbocycles. The van der Waals surface area contributed by atoms with Crippen molar-refractivity contribution in [2.75, 3.05) is 13.1 Å². The quantitative estimate of drug-likeness (QED) is 0.289. The van der Waals surface area contributed by atoms with Gasteiger partial charge in [-0.3, -0.25) is 18.7 Å². The monoisotopic (exact) mass is 274 g/mol. The van der Waals surface area contributed by atoms with E-state index in [9.17, 15) is 9.59 Å². The molecule has 11 heteroatoms. The number of carbonyl (C=O) groups excluding carboxylic acids is 2. The fraction of sp³-hybridized carbons (Fsp3) is 0.667. The molecule has 2 amide bonds. The smallest absolute Gasteiger partial charge is 0.370 e. The Kier molecular flexibility index (Phi) is 15.9. The van der Waals surface area contributed by atoms with Crippen molar-refractivity contribution in [3.05, 3.63) is 0 Å². The van der Waals surface area contributed by atoms with Crippen LogP contribution in [0.4, 0.5) is 0 Å². The van der Waals surface area contributed by atoms with Crippen molar-refractivity contribution in [3.63, 3.8) is 0 Å². The van der Waals surface area contributed by atoms with Crippen LogP contribution in [0.5, 0.6) is 0 Å². The average Bonchev–Trinajstić information content (AvgIpc) is 2.00.